The summed E-state index contributed by atoms with van der Waals surface area (Å²) in [6, 6.07) is 21.7. The molecule has 40 heavy (non-hydrogen) atoms. The summed E-state index contributed by atoms with van der Waals surface area (Å²) in [7, 11) is 2.30. The zero-order valence-electron chi connectivity index (χ0n) is 23.9. The van der Waals surface area contributed by atoms with Crippen LogP contribution in [0.25, 0.3) is 11.1 Å². The maximum atomic E-state index is 14.9. The molecule has 2 saturated heterocycles. The maximum Gasteiger partial charge on any atom is 0.251 e. The van der Waals surface area contributed by atoms with E-state index in [9.17, 15) is 9.18 Å². The molecule has 1 amide bonds. The van der Waals surface area contributed by atoms with Crippen LogP contribution in [0, 0.1) is 5.82 Å². The van der Waals surface area contributed by atoms with Gasteiger partial charge in [0, 0.05) is 75.0 Å². The van der Waals surface area contributed by atoms with Gasteiger partial charge in [-0.1, -0.05) is 36.4 Å². The van der Waals surface area contributed by atoms with Crippen LogP contribution < -0.4 is 16.0 Å². The first-order valence-corrected chi connectivity index (χ1v) is 14.6. The van der Waals surface area contributed by atoms with Crippen LogP contribution in [0.4, 0.5) is 4.39 Å². The molecular weight excluding hydrogens is 501 g/mol. The van der Waals surface area contributed by atoms with E-state index in [1.807, 2.05) is 36.4 Å². The first-order chi connectivity index (χ1) is 19.4. The monoisotopic (exact) mass is 544 g/mol. The number of nitrogens with one attached hydrogen (secondary N) is 3. The molecule has 2 aliphatic heterocycles. The number of hydrogen-bond donors (Lipinski definition) is 3. The number of hydrogen-bond acceptors (Lipinski definition) is 4. The second-order valence-corrected chi connectivity index (χ2v) is 11.8. The van der Waals surface area contributed by atoms with Crippen molar-refractivity contribution in [1.82, 2.24) is 20.9 Å². The molecule has 1 unspecified atom stereocenters. The van der Waals surface area contributed by atoms with Gasteiger partial charge in [0.1, 0.15) is 12.4 Å². The number of rotatable bonds is 8. The van der Waals surface area contributed by atoms with Gasteiger partial charge in [-0.05, 0) is 53.9 Å². The molecule has 7 heteroatoms. The Balaban J connectivity index is 1.23. The molecule has 6 nitrogen and oxygen atoms in total. The quantitative estimate of drug-likeness (QED) is 0.373. The molecule has 0 aliphatic carbocycles. The minimum atomic E-state index is -0.254. The molecule has 0 aromatic heterocycles. The van der Waals surface area contributed by atoms with Gasteiger partial charge in [0.05, 0.1) is 20.1 Å². The van der Waals surface area contributed by atoms with E-state index >= 15 is 0 Å². The predicted molar refractivity (Wildman–Crippen MR) is 159 cm³/mol. The molecule has 0 spiro atoms. The molecular formula is C33H43FN5O+. The Kier molecular flexibility index (Phi) is 9.27. The summed E-state index contributed by atoms with van der Waals surface area (Å²) in [6.07, 6.45) is 1.16. The van der Waals surface area contributed by atoms with Gasteiger partial charge in [-0.3, -0.25) is 9.69 Å². The summed E-state index contributed by atoms with van der Waals surface area (Å²) in [4.78, 5) is 15.5. The predicted octanol–water partition coefficient (Wildman–Crippen LogP) is 4.16. The molecule has 0 saturated carbocycles. The molecule has 2 heterocycles. The van der Waals surface area contributed by atoms with Crippen LogP contribution in [0.5, 0.6) is 0 Å². The Bertz CT molecular complexity index is 1300. The van der Waals surface area contributed by atoms with Crippen molar-refractivity contribution in [2.75, 3.05) is 52.9 Å². The Morgan fingerprint density at radius 1 is 1.00 bits per heavy atom. The Labute approximate surface area is 238 Å². The highest BCUT2D eigenvalue weighted by molar-refractivity contribution is 5.94. The van der Waals surface area contributed by atoms with Crippen LogP contribution in [-0.4, -0.2) is 74.2 Å². The van der Waals surface area contributed by atoms with Crippen molar-refractivity contribution in [2.24, 2.45) is 0 Å². The number of likely N-dealkylation sites (N-methyl/N-ethyl adjacent to an activating group) is 1. The van der Waals surface area contributed by atoms with Crippen LogP contribution in [0.3, 0.4) is 0 Å². The summed E-state index contributed by atoms with van der Waals surface area (Å²) in [5.41, 5.74) is 5.31. The fourth-order valence-electron chi connectivity index (χ4n) is 6.02. The highest BCUT2D eigenvalue weighted by atomic mass is 19.1. The van der Waals surface area contributed by atoms with E-state index in [1.165, 1.54) is 17.2 Å². The number of carbonyl (C=O) groups is 1. The third-order valence-corrected chi connectivity index (χ3v) is 8.21. The maximum absolute atomic E-state index is 14.9. The van der Waals surface area contributed by atoms with Gasteiger partial charge in [0.2, 0.25) is 0 Å². The lowest BCUT2D eigenvalue weighted by Gasteiger charge is -2.33. The van der Waals surface area contributed by atoms with Crippen molar-refractivity contribution >= 4 is 5.91 Å². The van der Waals surface area contributed by atoms with Gasteiger partial charge in [-0.2, -0.15) is 0 Å². The molecule has 3 aromatic rings. The standard InChI is InChI=1S/C33H42FN5O/c1-25-22-38(15-13-36-25)23-27-6-3-8-29(18-27)31-20-26(10-11-32(31)34)21-37-33(40)30-9-4-7-28(19-30)24-39(2)16-5-12-35-14-17-39/h3-4,6-11,18-20,25,35-36H,5,12-17,21-24H2,1-2H3/p+1/t25-,39?/m0/s1. The Morgan fingerprint density at radius 2 is 1.85 bits per heavy atom. The third-order valence-electron chi connectivity index (χ3n) is 8.21. The van der Waals surface area contributed by atoms with Crippen LogP contribution >= 0.6 is 0 Å². The van der Waals surface area contributed by atoms with E-state index in [4.69, 9.17) is 0 Å². The normalized spacial score (nSPS) is 22.0. The molecule has 212 valence electrons. The van der Waals surface area contributed by atoms with Gasteiger partial charge in [-0.15, -0.1) is 0 Å². The lowest BCUT2D eigenvalue weighted by molar-refractivity contribution is -0.920. The number of piperazine rings is 1. The first-order valence-electron chi connectivity index (χ1n) is 14.6. The lowest BCUT2D eigenvalue weighted by atomic mass is 10.00. The number of benzene rings is 3. The molecule has 3 aromatic carbocycles. The average Bonchev–Trinajstić information content (AvgIpc) is 3.16. The number of carbonyl (C=O) groups excluding carboxylic acids is 1. The summed E-state index contributed by atoms with van der Waals surface area (Å²) in [6.45, 7) is 11.6. The fourth-order valence-corrected chi connectivity index (χ4v) is 6.02. The van der Waals surface area contributed by atoms with Crippen molar-refractivity contribution in [3.05, 3.63) is 94.8 Å². The molecule has 2 fully saturated rings. The third kappa shape index (κ3) is 7.55. The minimum absolute atomic E-state index is 0.111. The second kappa shape index (κ2) is 13.0. The van der Waals surface area contributed by atoms with Crippen LogP contribution in [0.15, 0.2) is 66.7 Å². The van der Waals surface area contributed by atoms with Crippen LogP contribution in [-0.2, 0) is 19.6 Å². The van der Waals surface area contributed by atoms with Gasteiger partial charge >= 0.3 is 0 Å². The zero-order chi connectivity index (χ0) is 28.0. The van der Waals surface area contributed by atoms with Crippen molar-refractivity contribution in [3.63, 3.8) is 0 Å². The molecule has 2 aliphatic rings. The molecule has 0 radical (unpaired) electrons. The van der Waals surface area contributed by atoms with E-state index in [2.05, 4.69) is 53.0 Å². The van der Waals surface area contributed by atoms with Gasteiger partial charge in [-0.25, -0.2) is 4.39 Å². The highest BCUT2D eigenvalue weighted by Gasteiger charge is 2.24. The van der Waals surface area contributed by atoms with E-state index in [0.29, 0.717) is 23.7 Å². The van der Waals surface area contributed by atoms with Gasteiger partial charge < -0.3 is 20.4 Å². The second-order valence-electron chi connectivity index (χ2n) is 11.8. The SMILES string of the molecule is C[C@H]1CN(Cc2cccc(-c3cc(CNC(=O)c4cccc(C[N+]5(C)CCCNCC5)c4)ccc3F)c2)CCN1. The Morgan fingerprint density at radius 3 is 2.73 bits per heavy atom. The summed E-state index contributed by atoms with van der Waals surface area (Å²) >= 11 is 0. The van der Waals surface area contributed by atoms with E-state index in [0.717, 1.165) is 80.9 Å². The highest BCUT2D eigenvalue weighted by Crippen LogP contribution is 2.26. The molecule has 0 bridgehead atoms. The van der Waals surface area contributed by atoms with E-state index < -0.39 is 0 Å². The average molecular weight is 545 g/mol. The molecule has 2 atom stereocenters. The van der Waals surface area contributed by atoms with E-state index in [1.54, 1.807) is 6.07 Å². The topological polar surface area (TPSA) is 56.4 Å². The van der Waals surface area contributed by atoms with Crippen molar-refractivity contribution in [2.45, 2.75) is 39.0 Å². The summed E-state index contributed by atoms with van der Waals surface area (Å²) < 4.78 is 15.9. The zero-order valence-corrected chi connectivity index (χ0v) is 23.9. The van der Waals surface area contributed by atoms with Crippen LogP contribution in [0.2, 0.25) is 0 Å². The first kappa shape index (κ1) is 28.4. The van der Waals surface area contributed by atoms with Crippen molar-refractivity contribution < 1.29 is 13.7 Å². The van der Waals surface area contributed by atoms with Gasteiger partial charge in [0.25, 0.3) is 5.91 Å². The smallest absolute Gasteiger partial charge is 0.251 e. The van der Waals surface area contributed by atoms with Crippen LogP contribution in [0.1, 0.15) is 40.4 Å². The summed E-state index contributed by atoms with van der Waals surface area (Å²) in [5.74, 6) is -0.365. The fraction of sp³-hybridized carbons (Fsp3) is 0.424. The minimum Gasteiger partial charge on any atom is -0.348 e. The van der Waals surface area contributed by atoms with Crippen molar-refractivity contribution in [1.29, 1.82) is 0 Å². The molecule has 3 N–H and O–H groups in total. The number of amides is 1. The van der Waals surface area contributed by atoms with Crippen molar-refractivity contribution in [3.8, 4) is 11.1 Å². The lowest BCUT2D eigenvalue weighted by Crippen LogP contribution is -2.48. The summed E-state index contributed by atoms with van der Waals surface area (Å²) in [5, 5.41) is 10.0. The van der Waals surface area contributed by atoms with Gasteiger partial charge in [0.15, 0.2) is 0 Å². The Hall–Kier alpha value is -3.10. The largest absolute Gasteiger partial charge is 0.348 e. The number of nitrogens with zero attached hydrogens (tertiary/aromatic N) is 2. The number of halogens is 1. The number of quaternary nitrogens is 1. The molecule has 5 rings (SSSR count). The van der Waals surface area contributed by atoms with E-state index in [-0.39, 0.29) is 11.7 Å².